The molecule has 110 valence electrons. The number of carbonyl (C=O) groups excluding carboxylic acids is 1. The lowest BCUT2D eigenvalue weighted by molar-refractivity contribution is 0.0748. The Morgan fingerprint density at radius 1 is 1.50 bits per heavy atom. The van der Waals surface area contributed by atoms with Crippen molar-refractivity contribution in [2.45, 2.75) is 32.1 Å². The van der Waals surface area contributed by atoms with Crippen LogP contribution in [0.25, 0.3) is 0 Å². The van der Waals surface area contributed by atoms with E-state index in [9.17, 15) is 4.79 Å². The van der Waals surface area contributed by atoms with Crippen molar-refractivity contribution in [2.24, 2.45) is 5.92 Å². The average Bonchev–Trinajstić information content (AvgIpc) is 2.90. The smallest absolute Gasteiger partial charge is 0.274 e. The number of carbonyl (C=O) groups is 1. The molecular weight excluding hydrogens is 272 g/mol. The molecule has 1 atom stereocenters. The van der Waals surface area contributed by atoms with Crippen LogP contribution in [0.3, 0.4) is 0 Å². The fraction of sp³-hybridized carbons (Fsp3) is 0.714. The van der Waals surface area contributed by atoms with Gasteiger partial charge in [0.15, 0.2) is 5.69 Å². The van der Waals surface area contributed by atoms with Gasteiger partial charge in [-0.25, -0.2) is 0 Å². The number of H-pyrrole nitrogens is 1. The maximum atomic E-state index is 12.7. The first-order valence-corrected chi connectivity index (χ1v) is 8.39. The molecular formula is C14H22N4OS. The summed E-state index contributed by atoms with van der Waals surface area (Å²) < 4.78 is 0. The molecule has 1 aromatic heterocycles. The van der Waals surface area contributed by atoms with E-state index in [1.54, 1.807) is 0 Å². The minimum atomic E-state index is 0.0946. The van der Waals surface area contributed by atoms with Crippen molar-refractivity contribution in [2.75, 3.05) is 25.4 Å². The van der Waals surface area contributed by atoms with Gasteiger partial charge in [-0.1, -0.05) is 13.8 Å². The summed E-state index contributed by atoms with van der Waals surface area (Å²) in [6.45, 7) is 7.84. The number of rotatable bonds is 2. The second-order valence-electron chi connectivity index (χ2n) is 5.86. The van der Waals surface area contributed by atoms with Crippen LogP contribution in [0.4, 0.5) is 0 Å². The Balaban J connectivity index is 1.77. The SMILES string of the molecule is CC(C)C1CN(C(=O)c2n[nH]c3c2CNCC3)CCS1. The number of hydrogen-bond donors (Lipinski definition) is 2. The minimum Gasteiger partial charge on any atom is -0.335 e. The van der Waals surface area contributed by atoms with E-state index in [0.717, 1.165) is 49.6 Å². The molecule has 0 aliphatic carbocycles. The van der Waals surface area contributed by atoms with Crippen molar-refractivity contribution >= 4 is 17.7 Å². The van der Waals surface area contributed by atoms with Crippen molar-refractivity contribution in [1.29, 1.82) is 0 Å². The third kappa shape index (κ3) is 2.59. The molecule has 0 saturated carbocycles. The monoisotopic (exact) mass is 294 g/mol. The number of amides is 1. The first-order valence-electron chi connectivity index (χ1n) is 7.34. The summed E-state index contributed by atoms with van der Waals surface area (Å²) in [5.74, 6) is 1.72. The summed E-state index contributed by atoms with van der Waals surface area (Å²) in [6, 6.07) is 0. The van der Waals surface area contributed by atoms with Gasteiger partial charge in [-0.3, -0.25) is 9.89 Å². The predicted octanol–water partition coefficient (Wildman–Crippen LogP) is 1.27. The maximum Gasteiger partial charge on any atom is 0.274 e. The third-order valence-corrected chi connectivity index (χ3v) is 5.67. The van der Waals surface area contributed by atoms with E-state index in [0.29, 0.717) is 16.9 Å². The quantitative estimate of drug-likeness (QED) is 0.862. The Bertz CT molecular complexity index is 499. The van der Waals surface area contributed by atoms with Crippen LogP contribution in [-0.2, 0) is 13.0 Å². The van der Waals surface area contributed by atoms with Gasteiger partial charge in [-0.05, 0) is 5.92 Å². The molecule has 6 heteroatoms. The Labute approximate surface area is 123 Å². The van der Waals surface area contributed by atoms with Gasteiger partial charge < -0.3 is 10.2 Å². The summed E-state index contributed by atoms with van der Waals surface area (Å²) >= 11 is 1.98. The van der Waals surface area contributed by atoms with Crippen LogP contribution in [0, 0.1) is 5.92 Å². The van der Waals surface area contributed by atoms with Crippen molar-refractivity contribution < 1.29 is 4.79 Å². The number of aromatic amines is 1. The molecule has 1 unspecified atom stereocenters. The lowest BCUT2D eigenvalue weighted by atomic mass is 10.1. The van der Waals surface area contributed by atoms with Gasteiger partial charge in [-0.2, -0.15) is 16.9 Å². The zero-order valence-electron chi connectivity index (χ0n) is 12.1. The average molecular weight is 294 g/mol. The van der Waals surface area contributed by atoms with E-state index in [-0.39, 0.29) is 5.91 Å². The first-order chi connectivity index (χ1) is 9.66. The number of fused-ring (bicyclic) bond motifs is 1. The third-order valence-electron chi connectivity index (χ3n) is 4.13. The van der Waals surface area contributed by atoms with Crippen LogP contribution >= 0.6 is 11.8 Å². The van der Waals surface area contributed by atoms with Crippen LogP contribution in [0.5, 0.6) is 0 Å². The number of hydrogen-bond acceptors (Lipinski definition) is 4. The number of nitrogens with zero attached hydrogens (tertiary/aromatic N) is 2. The number of aromatic nitrogens is 2. The Morgan fingerprint density at radius 2 is 2.35 bits per heavy atom. The molecule has 1 saturated heterocycles. The molecule has 1 aromatic rings. The fourth-order valence-electron chi connectivity index (χ4n) is 2.82. The zero-order chi connectivity index (χ0) is 14.1. The molecule has 3 rings (SSSR count). The van der Waals surface area contributed by atoms with E-state index in [1.165, 1.54) is 0 Å². The summed E-state index contributed by atoms with van der Waals surface area (Å²) in [5, 5.41) is 11.2. The van der Waals surface area contributed by atoms with E-state index in [1.807, 2.05) is 16.7 Å². The number of thioether (sulfide) groups is 1. The topological polar surface area (TPSA) is 61.0 Å². The molecule has 0 spiro atoms. The van der Waals surface area contributed by atoms with Crippen molar-refractivity contribution in [1.82, 2.24) is 20.4 Å². The highest BCUT2D eigenvalue weighted by Crippen LogP contribution is 2.26. The highest BCUT2D eigenvalue weighted by atomic mass is 32.2. The second-order valence-corrected chi connectivity index (χ2v) is 7.21. The molecule has 5 nitrogen and oxygen atoms in total. The van der Waals surface area contributed by atoms with Gasteiger partial charge in [0.2, 0.25) is 0 Å². The molecule has 3 heterocycles. The van der Waals surface area contributed by atoms with Crippen LogP contribution in [-0.4, -0.2) is 51.6 Å². The van der Waals surface area contributed by atoms with Gasteiger partial charge in [0.1, 0.15) is 0 Å². The first kappa shape index (κ1) is 13.9. The Hall–Kier alpha value is -1.01. The highest BCUT2D eigenvalue weighted by Gasteiger charge is 2.30. The van der Waals surface area contributed by atoms with E-state index in [2.05, 4.69) is 29.4 Å². The molecule has 0 bridgehead atoms. The van der Waals surface area contributed by atoms with E-state index in [4.69, 9.17) is 0 Å². The van der Waals surface area contributed by atoms with Crippen molar-refractivity contribution in [3.8, 4) is 0 Å². The Kier molecular flexibility index (Phi) is 4.03. The molecule has 20 heavy (non-hydrogen) atoms. The van der Waals surface area contributed by atoms with Gasteiger partial charge >= 0.3 is 0 Å². The van der Waals surface area contributed by atoms with Crippen LogP contribution in [0.2, 0.25) is 0 Å². The Morgan fingerprint density at radius 3 is 3.15 bits per heavy atom. The minimum absolute atomic E-state index is 0.0946. The van der Waals surface area contributed by atoms with Gasteiger partial charge in [0.05, 0.1) is 0 Å². The summed E-state index contributed by atoms with van der Waals surface area (Å²) in [4.78, 5) is 14.7. The van der Waals surface area contributed by atoms with Crippen LogP contribution in [0.1, 0.15) is 35.6 Å². The highest BCUT2D eigenvalue weighted by molar-refractivity contribution is 8.00. The van der Waals surface area contributed by atoms with Gasteiger partial charge in [0, 0.05) is 54.9 Å². The largest absolute Gasteiger partial charge is 0.335 e. The van der Waals surface area contributed by atoms with Crippen LogP contribution in [0.15, 0.2) is 0 Å². The second kappa shape index (κ2) is 5.77. The molecule has 2 N–H and O–H groups in total. The maximum absolute atomic E-state index is 12.7. The fourth-order valence-corrected chi connectivity index (χ4v) is 4.11. The van der Waals surface area contributed by atoms with Gasteiger partial charge in [0.25, 0.3) is 5.91 Å². The lowest BCUT2D eigenvalue weighted by Crippen LogP contribution is -2.44. The molecule has 1 fully saturated rings. The predicted molar refractivity (Wildman–Crippen MR) is 81.0 cm³/mol. The molecule has 2 aliphatic heterocycles. The van der Waals surface area contributed by atoms with E-state index >= 15 is 0 Å². The molecule has 0 aromatic carbocycles. The molecule has 2 aliphatic rings. The van der Waals surface area contributed by atoms with Crippen molar-refractivity contribution in [3.05, 3.63) is 17.0 Å². The van der Waals surface area contributed by atoms with Gasteiger partial charge in [-0.15, -0.1) is 0 Å². The summed E-state index contributed by atoms with van der Waals surface area (Å²) in [5.41, 5.74) is 2.82. The van der Waals surface area contributed by atoms with E-state index < -0.39 is 0 Å². The number of nitrogens with one attached hydrogen (secondary N) is 2. The summed E-state index contributed by atoms with van der Waals surface area (Å²) in [7, 11) is 0. The van der Waals surface area contributed by atoms with Crippen LogP contribution < -0.4 is 5.32 Å². The lowest BCUT2D eigenvalue weighted by Gasteiger charge is -2.34. The standard InChI is InChI=1S/C14H22N4OS/c1-9(2)12-8-18(5-6-20-12)14(19)13-10-7-15-4-3-11(10)16-17-13/h9,12,15H,3-8H2,1-2H3,(H,16,17). The molecule has 1 amide bonds. The zero-order valence-corrected chi connectivity index (χ0v) is 12.9. The summed E-state index contributed by atoms with van der Waals surface area (Å²) in [6.07, 6.45) is 0.931. The van der Waals surface area contributed by atoms with Crippen molar-refractivity contribution in [3.63, 3.8) is 0 Å². The molecule has 0 radical (unpaired) electrons. The normalized spacial score (nSPS) is 22.9.